The molecule has 0 aliphatic carbocycles. The molecule has 0 saturated heterocycles. The molecule has 0 spiro atoms. The molecule has 1 aromatic rings. The second-order valence-electron chi connectivity index (χ2n) is 4.32. The van der Waals surface area contributed by atoms with Crippen LogP contribution in [0, 0.1) is 6.92 Å². The van der Waals surface area contributed by atoms with Crippen LogP contribution in [0.5, 0.6) is 0 Å². The van der Waals surface area contributed by atoms with Crippen LogP contribution >= 0.6 is 43.5 Å². The molecule has 5 heteroatoms. The monoisotopic (exact) mass is 395 g/mol. The van der Waals surface area contributed by atoms with E-state index in [9.17, 15) is 4.79 Å². The minimum atomic E-state index is -0.269. The minimum Gasteiger partial charge on any atom is -0.345 e. The molecule has 2 nitrogen and oxygen atoms in total. The lowest BCUT2D eigenvalue weighted by Crippen LogP contribution is -2.51. The molecule has 0 radical (unpaired) electrons. The van der Waals surface area contributed by atoms with Crippen molar-refractivity contribution in [3.05, 3.63) is 34.3 Å². The quantitative estimate of drug-likeness (QED) is 0.737. The predicted octanol–water partition coefficient (Wildman–Crippen LogP) is 4.32. The Morgan fingerprint density at radius 2 is 2.00 bits per heavy atom. The summed E-state index contributed by atoms with van der Waals surface area (Å²) in [5.74, 6) is -0.0994. The first kappa shape index (κ1) is 16.0. The Bertz CT molecular complexity index is 425. The van der Waals surface area contributed by atoms with Crippen molar-refractivity contribution in [1.29, 1.82) is 0 Å². The Morgan fingerprint density at radius 3 is 2.44 bits per heavy atom. The van der Waals surface area contributed by atoms with Crippen molar-refractivity contribution in [2.24, 2.45) is 0 Å². The zero-order valence-electron chi connectivity index (χ0n) is 10.4. The van der Waals surface area contributed by atoms with Crippen LogP contribution in [0.15, 0.2) is 18.2 Å². The van der Waals surface area contributed by atoms with Crippen LogP contribution in [0.3, 0.4) is 0 Å². The molecule has 0 saturated carbocycles. The van der Waals surface area contributed by atoms with Crippen molar-refractivity contribution in [3.8, 4) is 0 Å². The fraction of sp³-hybridized carbons (Fsp3) is 0.462. The number of amides is 1. The molecular formula is C13H16Br2ClNO. The normalized spacial score (nSPS) is 11.4. The summed E-state index contributed by atoms with van der Waals surface area (Å²) >= 11 is 12.9. The third-order valence-corrected chi connectivity index (χ3v) is 5.56. The lowest BCUT2D eigenvalue weighted by atomic mass is 10.0. The van der Waals surface area contributed by atoms with Crippen LogP contribution in [0.4, 0.5) is 0 Å². The molecule has 1 N–H and O–H groups in total. The van der Waals surface area contributed by atoms with Gasteiger partial charge in [-0.2, -0.15) is 0 Å². The average molecular weight is 398 g/mol. The van der Waals surface area contributed by atoms with Gasteiger partial charge in [-0.15, -0.1) is 0 Å². The van der Waals surface area contributed by atoms with Gasteiger partial charge in [0.05, 0.1) is 5.54 Å². The minimum absolute atomic E-state index is 0.0994. The van der Waals surface area contributed by atoms with E-state index in [0.29, 0.717) is 21.2 Å². The Morgan fingerprint density at radius 1 is 1.39 bits per heavy atom. The SMILES string of the molecule is CCC(CBr)(CBr)NC(=O)c1ccc(C)c(Cl)c1. The van der Waals surface area contributed by atoms with Crippen LogP contribution in [-0.2, 0) is 0 Å². The maximum atomic E-state index is 12.2. The van der Waals surface area contributed by atoms with E-state index in [2.05, 4.69) is 37.2 Å². The third-order valence-electron chi connectivity index (χ3n) is 3.00. The van der Waals surface area contributed by atoms with Crippen LogP contribution in [0.1, 0.15) is 29.3 Å². The number of carbonyl (C=O) groups excluding carboxylic acids is 1. The van der Waals surface area contributed by atoms with E-state index in [1.165, 1.54) is 0 Å². The summed E-state index contributed by atoms with van der Waals surface area (Å²) in [6, 6.07) is 5.35. The molecule has 0 aliphatic heterocycles. The fourth-order valence-electron chi connectivity index (χ4n) is 1.43. The molecule has 18 heavy (non-hydrogen) atoms. The van der Waals surface area contributed by atoms with Crippen LogP contribution in [-0.4, -0.2) is 22.1 Å². The van der Waals surface area contributed by atoms with E-state index in [1.54, 1.807) is 12.1 Å². The molecular weight excluding hydrogens is 381 g/mol. The molecule has 0 bridgehead atoms. The van der Waals surface area contributed by atoms with Gasteiger partial charge in [-0.05, 0) is 31.0 Å². The summed E-state index contributed by atoms with van der Waals surface area (Å²) < 4.78 is 0. The summed E-state index contributed by atoms with van der Waals surface area (Å²) in [6.07, 6.45) is 0.842. The number of carbonyl (C=O) groups is 1. The van der Waals surface area contributed by atoms with Gasteiger partial charge < -0.3 is 5.32 Å². The van der Waals surface area contributed by atoms with Gasteiger partial charge in [0, 0.05) is 21.2 Å². The van der Waals surface area contributed by atoms with Crippen molar-refractivity contribution >= 4 is 49.4 Å². The maximum Gasteiger partial charge on any atom is 0.251 e. The van der Waals surface area contributed by atoms with Crippen LogP contribution in [0.2, 0.25) is 5.02 Å². The Labute approximate surface area is 130 Å². The van der Waals surface area contributed by atoms with Gasteiger partial charge >= 0.3 is 0 Å². The molecule has 1 amide bonds. The zero-order chi connectivity index (χ0) is 13.8. The highest BCUT2D eigenvalue weighted by atomic mass is 79.9. The molecule has 0 aliphatic rings. The number of rotatable bonds is 5. The van der Waals surface area contributed by atoms with E-state index < -0.39 is 0 Å². The van der Waals surface area contributed by atoms with E-state index >= 15 is 0 Å². The molecule has 0 fully saturated rings. The summed E-state index contributed by atoms with van der Waals surface area (Å²) in [7, 11) is 0. The summed E-state index contributed by atoms with van der Waals surface area (Å²) in [4.78, 5) is 12.2. The highest BCUT2D eigenvalue weighted by Crippen LogP contribution is 2.20. The molecule has 100 valence electrons. The van der Waals surface area contributed by atoms with Gasteiger partial charge in [-0.3, -0.25) is 4.79 Å². The number of hydrogen-bond donors (Lipinski definition) is 1. The Hall–Kier alpha value is -0.0600. The predicted molar refractivity (Wildman–Crippen MR) is 84.3 cm³/mol. The van der Waals surface area contributed by atoms with Gasteiger partial charge in [0.15, 0.2) is 0 Å². The van der Waals surface area contributed by atoms with Crippen molar-refractivity contribution in [1.82, 2.24) is 5.32 Å². The molecule has 0 atom stereocenters. The van der Waals surface area contributed by atoms with E-state index in [4.69, 9.17) is 11.6 Å². The second kappa shape index (κ2) is 6.92. The van der Waals surface area contributed by atoms with Gasteiger partial charge in [0.1, 0.15) is 0 Å². The Balaban J connectivity index is 2.90. The van der Waals surface area contributed by atoms with Crippen molar-refractivity contribution < 1.29 is 4.79 Å². The lowest BCUT2D eigenvalue weighted by molar-refractivity contribution is 0.0915. The van der Waals surface area contributed by atoms with Crippen molar-refractivity contribution in [3.63, 3.8) is 0 Å². The molecule has 1 rings (SSSR count). The number of benzene rings is 1. The van der Waals surface area contributed by atoms with E-state index in [0.717, 1.165) is 12.0 Å². The standard InChI is InChI=1S/C13H16Br2ClNO/c1-3-13(7-14,8-15)17-12(18)10-5-4-9(2)11(16)6-10/h4-6H,3,7-8H2,1-2H3,(H,17,18). The molecule has 0 unspecified atom stereocenters. The molecule has 0 aromatic heterocycles. The van der Waals surface area contributed by atoms with Gasteiger partial charge in [0.25, 0.3) is 5.91 Å². The molecule has 1 aromatic carbocycles. The number of nitrogens with one attached hydrogen (secondary N) is 1. The first-order chi connectivity index (χ1) is 8.48. The van der Waals surface area contributed by atoms with Crippen LogP contribution < -0.4 is 5.32 Å². The molecule has 0 heterocycles. The summed E-state index contributed by atoms with van der Waals surface area (Å²) in [5.41, 5.74) is 1.29. The zero-order valence-corrected chi connectivity index (χ0v) is 14.3. The first-order valence-corrected chi connectivity index (χ1v) is 8.30. The largest absolute Gasteiger partial charge is 0.345 e. The number of hydrogen-bond acceptors (Lipinski definition) is 1. The number of halogens is 3. The fourth-order valence-corrected chi connectivity index (χ4v) is 3.61. The average Bonchev–Trinajstić information content (AvgIpc) is 2.39. The van der Waals surface area contributed by atoms with E-state index in [1.807, 2.05) is 19.9 Å². The Kier molecular flexibility index (Phi) is 6.15. The topological polar surface area (TPSA) is 29.1 Å². The van der Waals surface area contributed by atoms with Crippen molar-refractivity contribution in [2.45, 2.75) is 25.8 Å². The van der Waals surface area contributed by atoms with Gasteiger partial charge in [-0.25, -0.2) is 0 Å². The maximum absolute atomic E-state index is 12.2. The first-order valence-electron chi connectivity index (χ1n) is 5.68. The lowest BCUT2D eigenvalue weighted by Gasteiger charge is -2.30. The smallest absolute Gasteiger partial charge is 0.251 e. The highest BCUT2D eigenvalue weighted by Gasteiger charge is 2.28. The second-order valence-corrected chi connectivity index (χ2v) is 5.85. The van der Waals surface area contributed by atoms with E-state index in [-0.39, 0.29) is 11.4 Å². The van der Waals surface area contributed by atoms with Crippen molar-refractivity contribution in [2.75, 3.05) is 10.7 Å². The number of alkyl halides is 2. The van der Waals surface area contributed by atoms with Gasteiger partial charge in [-0.1, -0.05) is 56.5 Å². The number of aryl methyl sites for hydroxylation is 1. The summed E-state index contributed by atoms with van der Waals surface area (Å²) in [6.45, 7) is 3.96. The highest BCUT2D eigenvalue weighted by molar-refractivity contribution is 9.09. The van der Waals surface area contributed by atoms with Crippen LogP contribution in [0.25, 0.3) is 0 Å². The third kappa shape index (κ3) is 3.72. The summed E-state index contributed by atoms with van der Waals surface area (Å²) in [5, 5.41) is 5.07. The van der Waals surface area contributed by atoms with Gasteiger partial charge in [0.2, 0.25) is 0 Å².